The Labute approximate surface area is 198 Å². The van der Waals surface area contributed by atoms with Crippen LogP contribution < -0.4 is 4.90 Å². The molecule has 5 heterocycles. The highest BCUT2D eigenvalue weighted by Crippen LogP contribution is 2.42. The number of hydrogen-bond acceptors (Lipinski definition) is 8. The largest absolute Gasteiger partial charge is 0.373 e. The Morgan fingerprint density at radius 2 is 1.41 bits per heavy atom. The topological polar surface area (TPSA) is 66.9 Å². The first kappa shape index (κ1) is 21.4. The molecule has 3 aromatic heterocycles. The van der Waals surface area contributed by atoms with Crippen LogP contribution >= 0.6 is 34.0 Å². The lowest BCUT2D eigenvalue weighted by Gasteiger charge is -2.30. The molecule has 32 heavy (non-hydrogen) atoms. The van der Waals surface area contributed by atoms with Crippen molar-refractivity contribution in [2.45, 2.75) is 32.6 Å². The second kappa shape index (κ2) is 8.80. The van der Waals surface area contributed by atoms with Crippen LogP contribution in [-0.2, 0) is 14.4 Å². The number of carbonyl (C=O) groups is 3. The van der Waals surface area contributed by atoms with Crippen LogP contribution in [0.5, 0.6) is 0 Å². The van der Waals surface area contributed by atoms with Crippen LogP contribution in [0.3, 0.4) is 0 Å². The van der Waals surface area contributed by atoms with E-state index in [2.05, 4.69) is 36.1 Å². The van der Waals surface area contributed by atoms with Gasteiger partial charge >= 0.3 is 5.97 Å². The predicted molar refractivity (Wildman–Crippen MR) is 128 cm³/mol. The number of rotatable bonds is 5. The molecular formula is C23H22N2O4S3. The van der Waals surface area contributed by atoms with Crippen LogP contribution in [0.4, 0.5) is 5.00 Å². The quantitative estimate of drug-likeness (QED) is 0.435. The third-order valence-electron chi connectivity index (χ3n) is 5.77. The van der Waals surface area contributed by atoms with Crippen molar-refractivity contribution in [3.63, 3.8) is 0 Å². The molecule has 0 atom stereocenters. The first-order valence-electron chi connectivity index (χ1n) is 10.6. The predicted octanol–water partition coefficient (Wildman–Crippen LogP) is 5.66. The van der Waals surface area contributed by atoms with Gasteiger partial charge in [-0.05, 0) is 55.2 Å². The van der Waals surface area contributed by atoms with Gasteiger partial charge in [-0.3, -0.25) is 9.59 Å². The van der Waals surface area contributed by atoms with Gasteiger partial charge in [-0.15, -0.1) is 39.1 Å². The van der Waals surface area contributed by atoms with Crippen LogP contribution in [0, 0.1) is 5.92 Å². The first-order valence-corrected chi connectivity index (χ1v) is 13.1. The van der Waals surface area contributed by atoms with Gasteiger partial charge in [0.2, 0.25) is 0 Å². The SMILES string of the molecule is CC1CCN(c2ccc(-c3ccc(-c4ccc(C(=O)ON5C(=O)CCC5=O)s4)s3)s2)CC1. The summed E-state index contributed by atoms with van der Waals surface area (Å²) >= 11 is 4.81. The average Bonchev–Trinajstić information content (AvgIpc) is 3.57. The Balaban J connectivity index is 1.27. The number of piperidine rings is 1. The molecule has 0 spiro atoms. The fraction of sp³-hybridized carbons (Fsp3) is 0.348. The molecule has 0 aliphatic carbocycles. The van der Waals surface area contributed by atoms with Crippen molar-refractivity contribution in [3.05, 3.63) is 41.3 Å². The van der Waals surface area contributed by atoms with E-state index in [4.69, 9.17) is 4.84 Å². The second-order valence-corrected chi connectivity index (χ2v) is 11.3. The van der Waals surface area contributed by atoms with Crippen LogP contribution in [0.15, 0.2) is 36.4 Å². The molecule has 0 radical (unpaired) electrons. The van der Waals surface area contributed by atoms with E-state index in [1.165, 1.54) is 38.9 Å². The summed E-state index contributed by atoms with van der Waals surface area (Å²) in [4.78, 5) is 48.0. The van der Waals surface area contributed by atoms with Crippen molar-refractivity contribution in [2.75, 3.05) is 18.0 Å². The molecule has 166 valence electrons. The van der Waals surface area contributed by atoms with Gasteiger partial charge in [-0.25, -0.2) is 4.79 Å². The minimum Gasteiger partial charge on any atom is -0.363 e. The lowest BCUT2D eigenvalue weighted by atomic mass is 10.00. The zero-order valence-electron chi connectivity index (χ0n) is 17.5. The van der Waals surface area contributed by atoms with E-state index in [1.807, 2.05) is 17.4 Å². The molecule has 2 aliphatic rings. The van der Waals surface area contributed by atoms with Gasteiger partial charge in [-0.1, -0.05) is 6.92 Å². The maximum Gasteiger partial charge on any atom is 0.373 e. The third-order valence-corrected chi connectivity index (χ3v) is 9.45. The lowest BCUT2D eigenvalue weighted by Crippen LogP contribution is -2.31. The molecule has 0 saturated carbocycles. The number of nitrogens with zero attached hydrogens (tertiary/aromatic N) is 2. The van der Waals surface area contributed by atoms with Crippen molar-refractivity contribution in [2.24, 2.45) is 5.92 Å². The molecular weight excluding hydrogens is 464 g/mol. The smallest absolute Gasteiger partial charge is 0.363 e. The van der Waals surface area contributed by atoms with Crippen LogP contribution in [-0.4, -0.2) is 35.9 Å². The molecule has 2 amide bonds. The van der Waals surface area contributed by atoms with Gasteiger partial charge in [0.1, 0.15) is 4.88 Å². The standard InChI is InChI=1S/C23H22N2O4S3/c1-14-10-12-24(13-11-14)22-9-6-18(32-22)17-3-2-15(30-17)16-4-5-19(31-16)23(28)29-25-20(26)7-8-21(25)27/h2-6,9,14H,7-8,10-13H2,1H3. The van der Waals surface area contributed by atoms with E-state index in [-0.39, 0.29) is 12.8 Å². The Bertz CT molecular complexity index is 1150. The molecule has 0 bridgehead atoms. The molecule has 2 saturated heterocycles. The fourth-order valence-electron chi connectivity index (χ4n) is 3.83. The molecule has 6 nitrogen and oxygen atoms in total. The van der Waals surface area contributed by atoms with E-state index in [0.717, 1.165) is 28.8 Å². The number of amides is 2. The number of carbonyl (C=O) groups excluding carboxylic acids is 3. The number of imide groups is 1. The van der Waals surface area contributed by atoms with Crippen molar-refractivity contribution in [1.29, 1.82) is 0 Å². The van der Waals surface area contributed by atoms with Gasteiger partial charge in [-0.2, -0.15) is 0 Å². The number of anilines is 1. The summed E-state index contributed by atoms with van der Waals surface area (Å²) in [5, 5.41) is 1.91. The Morgan fingerprint density at radius 1 is 0.844 bits per heavy atom. The monoisotopic (exact) mass is 486 g/mol. The summed E-state index contributed by atoms with van der Waals surface area (Å²) in [6.45, 7) is 4.57. The molecule has 5 rings (SSSR count). The van der Waals surface area contributed by atoms with E-state index in [1.54, 1.807) is 17.4 Å². The molecule has 3 aromatic rings. The molecule has 2 aliphatic heterocycles. The van der Waals surface area contributed by atoms with Crippen molar-refractivity contribution < 1.29 is 19.2 Å². The minimum absolute atomic E-state index is 0.0844. The number of thiophene rings is 3. The minimum atomic E-state index is -0.680. The zero-order chi connectivity index (χ0) is 22.2. The van der Waals surface area contributed by atoms with Gasteiger partial charge in [0.15, 0.2) is 0 Å². The molecule has 0 aromatic carbocycles. The highest BCUT2D eigenvalue weighted by atomic mass is 32.1. The second-order valence-electron chi connectivity index (χ2n) is 8.10. The summed E-state index contributed by atoms with van der Waals surface area (Å²) in [6.07, 6.45) is 2.67. The lowest BCUT2D eigenvalue weighted by molar-refractivity contribution is -0.172. The number of hydrogen-bond donors (Lipinski definition) is 0. The molecule has 9 heteroatoms. The van der Waals surface area contributed by atoms with E-state index >= 15 is 0 Å². The van der Waals surface area contributed by atoms with E-state index in [0.29, 0.717) is 9.94 Å². The summed E-state index contributed by atoms with van der Waals surface area (Å²) < 4.78 is 0. The molecule has 0 N–H and O–H groups in total. The Morgan fingerprint density at radius 3 is 2.09 bits per heavy atom. The van der Waals surface area contributed by atoms with Crippen LogP contribution in [0.2, 0.25) is 0 Å². The summed E-state index contributed by atoms with van der Waals surface area (Å²) in [5.41, 5.74) is 0. The molecule has 0 unspecified atom stereocenters. The maximum absolute atomic E-state index is 12.4. The van der Waals surface area contributed by atoms with Gasteiger partial charge in [0.25, 0.3) is 11.8 Å². The van der Waals surface area contributed by atoms with Crippen molar-refractivity contribution in [1.82, 2.24) is 5.06 Å². The fourth-order valence-corrected chi connectivity index (χ4v) is 6.95. The summed E-state index contributed by atoms with van der Waals surface area (Å²) in [6, 6.07) is 12.1. The van der Waals surface area contributed by atoms with E-state index in [9.17, 15) is 14.4 Å². The van der Waals surface area contributed by atoms with Gasteiger partial charge < -0.3 is 9.74 Å². The normalized spacial score (nSPS) is 17.4. The Hall–Kier alpha value is -2.49. The Kier molecular flexibility index (Phi) is 5.88. The van der Waals surface area contributed by atoms with Crippen molar-refractivity contribution >= 4 is 56.8 Å². The van der Waals surface area contributed by atoms with Crippen molar-refractivity contribution in [3.8, 4) is 19.5 Å². The highest BCUT2D eigenvalue weighted by molar-refractivity contribution is 7.27. The molecule has 2 fully saturated rings. The van der Waals surface area contributed by atoms with Crippen LogP contribution in [0.25, 0.3) is 19.5 Å². The van der Waals surface area contributed by atoms with E-state index < -0.39 is 17.8 Å². The maximum atomic E-state index is 12.4. The summed E-state index contributed by atoms with van der Waals surface area (Å²) in [7, 11) is 0. The highest BCUT2D eigenvalue weighted by Gasteiger charge is 2.33. The van der Waals surface area contributed by atoms with Gasteiger partial charge in [0.05, 0.1) is 5.00 Å². The summed E-state index contributed by atoms with van der Waals surface area (Å²) in [5.74, 6) is -0.815. The first-order chi connectivity index (χ1) is 15.5. The third kappa shape index (κ3) is 4.24. The number of hydroxylamine groups is 2. The van der Waals surface area contributed by atoms with Gasteiger partial charge in [0, 0.05) is 45.4 Å². The average molecular weight is 487 g/mol. The zero-order valence-corrected chi connectivity index (χ0v) is 20.0. The van der Waals surface area contributed by atoms with Crippen LogP contribution in [0.1, 0.15) is 42.3 Å².